The Hall–Kier alpha value is -0.580. The Labute approximate surface area is 84.2 Å². The summed E-state index contributed by atoms with van der Waals surface area (Å²) in [5, 5.41) is 9.06. The van der Waals surface area contributed by atoms with Crippen LogP contribution in [0.15, 0.2) is 0 Å². The Morgan fingerprint density at radius 3 is 2.50 bits per heavy atom. The number of rotatable bonds is 4. The van der Waals surface area contributed by atoms with Gasteiger partial charge in [0.2, 0.25) is 0 Å². The molecule has 4 nitrogen and oxygen atoms in total. The molecule has 0 radical (unpaired) electrons. The lowest BCUT2D eigenvalue weighted by atomic mass is 9.82. The first-order valence-corrected chi connectivity index (χ1v) is 6.68. The second-order valence-corrected chi connectivity index (χ2v) is 6.22. The summed E-state index contributed by atoms with van der Waals surface area (Å²) in [6, 6.07) is 0. The fourth-order valence-corrected chi connectivity index (χ4v) is 4.00. The predicted octanol–water partition coefficient (Wildman–Crippen LogP) is 1.07. The van der Waals surface area contributed by atoms with Crippen molar-refractivity contribution in [1.29, 1.82) is 0 Å². The van der Waals surface area contributed by atoms with E-state index in [0.29, 0.717) is 6.42 Å². The van der Waals surface area contributed by atoms with Gasteiger partial charge in [-0.15, -0.1) is 0 Å². The highest BCUT2D eigenvalue weighted by Gasteiger charge is 2.47. The number of carboxylic acid groups (broad SMARTS) is 1. The standard InChI is InChI=1S/C9H16O4S/c1-2-3-4-9(8(10)11)5-6-14(12,13)7-9/h2-7H2,1H3,(H,10,11). The van der Waals surface area contributed by atoms with E-state index in [-0.39, 0.29) is 17.9 Å². The third-order valence-corrected chi connectivity index (χ3v) is 4.67. The molecule has 1 heterocycles. The molecule has 1 aliphatic rings. The van der Waals surface area contributed by atoms with E-state index in [9.17, 15) is 13.2 Å². The number of unbranched alkanes of at least 4 members (excludes halogenated alkanes) is 1. The van der Waals surface area contributed by atoms with Crippen LogP contribution < -0.4 is 0 Å². The van der Waals surface area contributed by atoms with Crippen LogP contribution >= 0.6 is 0 Å². The van der Waals surface area contributed by atoms with Gasteiger partial charge in [0.25, 0.3) is 0 Å². The van der Waals surface area contributed by atoms with E-state index in [1.807, 2.05) is 6.92 Å². The number of aliphatic carboxylic acids is 1. The van der Waals surface area contributed by atoms with Gasteiger partial charge in [0, 0.05) is 0 Å². The van der Waals surface area contributed by atoms with Gasteiger partial charge in [-0.1, -0.05) is 19.8 Å². The molecule has 1 N–H and O–H groups in total. The van der Waals surface area contributed by atoms with Crippen molar-refractivity contribution in [2.75, 3.05) is 11.5 Å². The number of carbonyl (C=O) groups is 1. The van der Waals surface area contributed by atoms with Gasteiger partial charge in [-0.25, -0.2) is 8.42 Å². The molecule has 0 saturated carbocycles. The first kappa shape index (κ1) is 11.5. The minimum Gasteiger partial charge on any atom is -0.481 e. The van der Waals surface area contributed by atoms with Crippen LogP contribution in [0.25, 0.3) is 0 Å². The van der Waals surface area contributed by atoms with Gasteiger partial charge in [0.05, 0.1) is 16.9 Å². The molecule has 1 unspecified atom stereocenters. The number of hydrogen-bond acceptors (Lipinski definition) is 3. The second-order valence-electron chi connectivity index (χ2n) is 4.03. The average Bonchev–Trinajstić information content (AvgIpc) is 2.40. The minimum absolute atomic E-state index is 0.0308. The Kier molecular flexibility index (Phi) is 3.19. The van der Waals surface area contributed by atoms with Crippen LogP contribution in [0.4, 0.5) is 0 Å². The lowest BCUT2D eigenvalue weighted by molar-refractivity contribution is -0.147. The maximum atomic E-state index is 11.3. The largest absolute Gasteiger partial charge is 0.481 e. The molecule has 1 saturated heterocycles. The third-order valence-electron chi connectivity index (χ3n) is 2.85. The second kappa shape index (κ2) is 3.88. The van der Waals surface area contributed by atoms with Crippen LogP contribution in [0.2, 0.25) is 0 Å². The van der Waals surface area contributed by atoms with Gasteiger partial charge >= 0.3 is 5.97 Å². The van der Waals surface area contributed by atoms with E-state index in [0.717, 1.165) is 12.8 Å². The maximum Gasteiger partial charge on any atom is 0.310 e. The Balaban J connectivity index is 2.81. The van der Waals surface area contributed by atoms with Crippen LogP contribution in [-0.2, 0) is 14.6 Å². The number of sulfone groups is 1. The summed E-state index contributed by atoms with van der Waals surface area (Å²) in [5.74, 6) is -1.09. The van der Waals surface area contributed by atoms with Gasteiger partial charge in [-0.2, -0.15) is 0 Å². The van der Waals surface area contributed by atoms with Crippen LogP contribution in [0, 0.1) is 5.41 Å². The van der Waals surface area contributed by atoms with E-state index in [1.54, 1.807) is 0 Å². The summed E-state index contributed by atoms with van der Waals surface area (Å²) in [5.41, 5.74) is -0.991. The zero-order chi connectivity index (χ0) is 10.8. The SMILES string of the molecule is CCCCC1(C(=O)O)CCS(=O)(=O)C1. The zero-order valence-electron chi connectivity index (χ0n) is 8.32. The fourth-order valence-electron chi connectivity index (χ4n) is 1.90. The zero-order valence-corrected chi connectivity index (χ0v) is 9.14. The van der Waals surface area contributed by atoms with Crippen molar-refractivity contribution in [2.45, 2.75) is 32.6 Å². The van der Waals surface area contributed by atoms with Crippen LogP contribution in [0.1, 0.15) is 32.6 Å². The monoisotopic (exact) mass is 220 g/mol. The van der Waals surface area contributed by atoms with Gasteiger partial charge in [0.15, 0.2) is 9.84 Å². The molecule has 5 heteroatoms. The highest BCUT2D eigenvalue weighted by Crippen LogP contribution is 2.37. The maximum absolute atomic E-state index is 11.3. The summed E-state index contributed by atoms with van der Waals surface area (Å²) in [7, 11) is -3.11. The van der Waals surface area contributed by atoms with E-state index < -0.39 is 21.2 Å². The molecule has 0 aromatic heterocycles. The molecule has 82 valence electrons. The van der Waals surface area contributed by atoms with Crippen molar-refractivity contribution in [1.82, 2.24) is 0 Å². The van der Waals surface area contributed by atoms with Crippen molar-refractivity contribution < 1.29 is 18.3 Å². The predicted molar refractivity (Wildman–Crippen MR) is 52.9 cm³/mol. The van der Waals surface area contributed by atoms with Gasteiger partial charge in [0.1, 0.15) is 0 Å². The Morgan fingerprint density at radius 2 is 2.14 bits per heavy atom. The summed E-state index contributed by atoms with van der Waals surface area (Å²) in [6.45, 7) is 1.97. The molecular weight excluding hydrogens is 204 g/mol. The molecule has 0 aromatic carbocycles. The van der Waals surface area contributed by atoms with Crippen LogP contribution in [-0.4, -0.2) is 31.0 Å². The summed E-state index contributed by atoms with van der Waals surface area (Å²) < 4.78 is 22.5. The Bertz CT molecular complexity index is 320. The number of carboxylic acids is 1. The van der Waals surface area contributed by atoms with E-state index >= 15 is 0 Å². The molecule has 1 aliphatic heterocycles. The van der Waals surface area contributed by atoms with Crippen molar-refractivity contribution in [3.8, 4) is 0 Å². The lowest BCUT2D eigenvalue weighted by Gasteiger charge is -2.21. The van der Waals surface area contributed by atoms with Crippen LogP contribution in [0.5, 0.6) is 0 Å². The van der Waals surface area contributed by atoms with Crippen molar-refractivity contribution in [2.24, 2.45) is 5.41 Å². The minimum atomic E-state index is -3.11. The lowest BCUT2D eigenvalue weighted by Crippen LogP contribution is -2.32. The normalized spacial score (nSPS) is 30.4. The van der Waals surface area contributed by atoms with Crippen molar-refractivity contribution >= 4 is 15.8 Å². The summed E-state index contributed by atoms with van der Waals surface area (Å²) in [6.07, 6.45) is 2.44. The van der Waals surface area contributed by atoms with Crippen LogP contribution in [0.3, 0.4) is 0 Å². The molecular formula is C9H16O4S. The fraction of sp³-hybridized carbons (Fsp3) is 0.889. The molecule has 0 bridgehead atoms. The van der Waals surface area contributed by atoms with Crippen molar-refractivity contribution in [3.63, 3.8) is 0 Å². The molecule has 0 aromatic rings. The molecule has 0 amide bonds. The third kappa shape index (κ3) is 2.26. The number of hydrogen-bond donors (Lipinski definition) is 1. The highest BCUT2D eigenvalue weighted by atomic mass is 32.2. The quantitative estimate of drug-likeness (QED) is 0.769. The van der Waals surface area contributed by atoms with E-state index in [1.165, 1.54) is 0 Å². The van der Waals surface area contributed by atoms with Gasteiger partial charge < -0.3 is 5.11 Å². The summed E-state index contributed by atoms with van der Waals surface area (Å²) in [4.78, 5) is 11.1. The smallest absolute Gasteiger partial charge is 0.310 e. The van der Waals surface area contributed by atoms with E-state index in [2.05, 4.69) is 0 Å². The molecule has 1 rings (SSSR count). The van der Waals surface area contributed by atoms with Gasteiger partial charge in [-0.05, 0) is 12.8 Å². The first-order chi connectivity index (χ1) is 6.42. The average molecular weight is 220 g/mol. The topological polar surface area (TPSA) is 71.4 Å². The van der Waals surface area contributed by atoms with Gasteiger partial charge in [-0.3, -0.25) is 4.79 Å². The molecule has 0 aliphatic carbocycles. The molecule has 14 heavy (non-hydrogen) atoms. The summed E-state index contributed by atoms with van der Waals surface area (Å²) >= 11 is 0. The highest BCUT2D eigenvalue weighted by molar-refractivity contribution is 7.91. The first-order valence-electron chi connectivity index (χ1n) is 4.86. The molecule has 0 spiro atoms. The molecule has 1 fully saturated rings. The van der Waals surface area contributed by atoms with Crippen molar-refractivity contribution in [3.05, 3.63) is 0 Å². The van der Waals surface area contributed by atoms with E-state index in [4.69, 9.17) is 5.11 Å². The Morgan fingerprint density at radius 1 is 1.50 bits per heavy atom. The molecule has 1 atom stereocenters.